The molecule has 0 aromatic carbocycles. The number of H-pyrrole nitrogens is 1. The molecule has 1 amide bonds. The van der Waals surface area contributed by atoms with Crippen molar-refractivity contribution < 1.29 is 13.9 Å². The van der Waals surface area contributed by atoms with Crippen molar-refractivity contribution in [2.45, 2.75) is 19.4 Å². The highest BCUT2D eigenvalue weighted by Gasteiger charge is 2.38. The number of carbonyl (C=O) groups is 1. The predicted molar refractivity (Wildman–Crippen MR) is 119 cm³/mol. The van der Waals surface area contributed by atoms with E-state index in [9.17, 15) is 4.79 Å². The second-order valence-electron chi connectivity index (χ2n) is 8.00. The number of carbonyl (C=O) groups excluding carboxylic acids is 1. The summed E-state index contributed by atoms with van der Waals surface area (Å²) in [6, 6.07) is 8.90. The van der Waals surface area contributed by atoms with Gasteiger partial charge in [0.1, 0.15) is 17.5 Å². The lowest BCUT2D eigenvalue weighted by atomic mass is 9.99. The summed E-state index contributed by atoms with van der Waals surface area (Å²) in [6.07, 6.45) is 5.71. The van der Waals surface area contributed by atoms with Crippen LogP contribution in [0.15, 0.2) is 53.5 Å². The van der Waals surface area contributed by atoms with Crippen molar-refractivity contribution in [2.24, 2.45) is 0 Å². The van der Waals surface area contributed by atoms with E-state index in [-0.39, 0.29) is 17.7 Å². The summed E-state index contributed by atoms with van der Waals surface area (Å²) in [5, 5.41) is 12.8. The zero-order valence-electron chi connectivity index (χ0n) is 18.5. The van der Waals surface area contributed by atoms with Crippen LogP contribution in [0.4, 0.5) is 0 Å². The van der Waals surface area contributed by atoms with E-state index in [1.807, 2.05) is 35.8 Å². The van der Waals surface area contributed by atoms with E-state index in [1.54, 1.807) is 36.7 Å². The van der Waals surface area contributed by atoms with Gasteiger partial charge in [-0.3, -0.25) is 4.79 Å². The number of nitrogens with zero attached hydrogens (tertiary/aromatic N) is 7. The van der Waals surface area contributed by atoms with Gasteiger partial charge < -0.3 is 19.0 Å². The number of amides is 1. The van der Waals surface area contributed by atoms with Gasteiger partial charge in [0.15, 0.2) is 0 Å². The van der Waals surface area contributed by atoms with Crippen molar-refractivity contribution in [3.05, 3.63) is 77.6 Å². The molecular weight excluding hydrogens is 436 g/mol. The average molecular weight is 456 g/mol. The number of hydrogen-bond donors (Lipinski definition) is 1. The monoisotopic (exact) mass is 456 g/mol. The summed E-state index contributed by atoms with van der Waals surface area (Å²) in [5.74, 6) is 0.257. The summed E-state index contributed by atoms with van der Waals surface area (Å²) in [6.45, 7) is 2.47. The van der Waals surface area contributed by atoms with Gasteiger partial charge in [0.05, 0.1) is 36.5 Å². The number of methoxy groups -OCH3 is 1. The number of pyridine rings is 2. The quantitative estimate of drug-likeness (QED) is 0.437. The van der Waals surface area contributed by atoms with Crippen LogP contribution in [0.5, 0.6) is 5.75 Å². The Hall–Kier alpha value is -4.54. The molecule has 1 aliphatic heterocycles. The minimum atomic E-state index is -0.490. The molecule has 1 atom stereocenters. The molecule has 0 bridgehead atoms. The van der Waals surface area contributed by atoms with Gasteiger partial charge in [0, 0.05) is 24.9 Å². The van der Waals surface area contributed by atoms with Crippen LogP contribution in [-0.2, 0) is 6.42 Å². The summed E-state index contributed by atoms with van der Waals surface area (Å²) >= 11 is 0. The van der Waals surface area contributed by atoms with Gasteiger partial charge in [0.2, 0.25) is 0 Å². The number of aromatic amines is 1. The molecule has 34 heavy (non-hydrogen) atoms. The molecule has 6 heterocycles. The van der Waals surface area contributed by atoms with Crippen LogP contribution in [0.25, 0.3) is 17.1 Å². The largest absolute Gasteiger partial charge is 0.495 e. The molecule has 0 aliphatic carbocycles. The maximum absolute atomic E-state index is 13.6. The summed E-state index contributed by atoms with van der Waals surface area (Å²) in [7, 11) is 1.56. The van der Waals surface area contributed by atoms with Gasteiger partial charge in [-0.15, -0.1) is 10.2 Å². The van der Waals surface area contributed by atoms with Crippen LogP contribution in [-0.4, -0.2) is 59.2 Å². The van der Waals surface area contributed by atoms with Crippen molar-refractivity contribution in [3.63, 3.8) is 0 Å². The van der Waals surface area contributed by atoms with Gasteiger partial charge in [-0.2, -0.15) is 5.10 Å². The van der Waals surface area contributed by atoms with E-state index >= 15 is 0 Å². The Balaban J connectivity index is 1.37. The Morgan fingerprint density at radius 2 is 2.15 bits per heavy atom. The number of nitrogens with one attached hydrogen (secondary N) is 1. The number of aromatic nitrogens is 7. The van der Waals surface area contributed by atoms with E-state index in [1.165, 1.54) is 0 Å². The number of aryl methyl sites for hydroxylation is 1. The van der Waals surface area contributed by atoms with Gasteiger partial charge >= 0.3 is 11.8 Å². The molecule has 0 spiro atoms. The fraction of sp³-hybridized carbons (Fsp3) is 0.217. The Labute approximate surface area is 193 Å². The molecule has 5 aromatic heterocycles. The van der Waals surface area contributed by atoms with Crippen LogP contribution in [0.2, 0.25) is 0 Å². The summed E-state index contributed by atoms with van der Waals surface area (Å²) in [5.41, 5.74) is 4.97. The standard InChI is InChI=1S/C23H20N8O3/c1-13-4-3-8-31-18(13)10-17(29-31)20-19-15(25-12-26-19)7-9-30(20)23(32)22-28-27-21(34-22)16-6-5-14(33-2)11-24-16/h3-6,8,10-12,20H,7,9H2,1-2H3,(H,25,26). The van der Waals surface area contributed by atoms with Gasteiger partial charge in [-0.25, -0.2) is 14.5 Å². The highest BCUT2D eigenvalue weighted by molar-refractivity contribution is 5.90. The number of imidazole rings is 1. The minimum absolute atomic E-state index is 0.114. The molecule has 11 heteroatoms. The molecule has 0 fully saturated rings. The molecule has 1 aliphatic rings. The van der Waals surface area contributed by atoms with Crippen LogP contribution in [0, 0.1) is 6.92 Å². The zero-order chi connectivity index (χ0) is 23.2. The average Bonchev–Trinajstić information content (AvgIpc) is 3.62. The molecule has 0 saturated carbocycles. The second kappa shape index (κ2) is 7.80. The lowest BCUT2D eigenvalue weighted by Crippen LogP contribution is -2.41. The highest BCUT2D eigenvalue weighted by Crippen LogP contribution is 2.34. The van der Waals surface area contributed by atoms with Gasteiger partial charge in [-0.05, 0) is 36.8 Å². The van der Waals surface area contributed by atoms with Crippen LogP contribution < -0.4 is 4.74 Å². The first-order valence-electron chi connectivity index (χ1n) is 10.7. The molecule has 0 saturated heterocycles. The maximum atomic E-state index is 13.6. The van der Waals surface area contributed by atoms with Crippen molar-refractivity contribution in [1.82, 2.24) is 39.7 Å². The van der Waals surface area contributed by atoms with Crippen LogP contribution in [0.1, 0.15) is 39.4 Å². The fourth-order valence-corrected chi connectivity index (χ4v) is 4.27. The topological polar surface area (TPSA) is 127 Å². The molecule has 6 rings (SSSR count). The first kappa shape index (κ1) is 20.1. The van der Waals surface area contributed by atoms with E-state index in [4.69, 9.17) is 14.3 Å². The Morgan fingerprint density at radius 1 is 1.24 bits per heavy atom. The first-order chi connectivity index (χ1) is 16.6. The number of ether oxygens (including phenoxy) is 1. The normalized spacial score (nSPS) is 15.5. The third kappa shape index (κ3) is 3.20. The first-order valence-corrected chi connectivity index (χ1v) is 10.7. The smallest absolute Gasteiger partial charge is 0.312 e. The molecule has 11 nitrogen and oxygen atoms in total. The molecule has 0 radical (unpaired) electrons. The van der Waals surface area contributed by atoms with E-state index in [2.05, 4.69) is 25.1 Å². The maximum Gasteiger partial charge on any atom is 0.312 e. The SMILES string of the molecule is COc1ccc(-c2nnc(C(=O)N3CCc4[nH]cnc4C3c3cc4c(C)cccn4n3)o2)nc1. The van der Waals surface area contributed by atoms with Gasteiger partial charge in [-0.1, -0.05) is 6.07 Å². The van der Waals surface area contributed by atoms with E-state index < -0.39 is 6.04 Å². The predicted octanol–water partition coefficient (Wildman–Crippen LogP) is 2.61. The van der Waals surface area contributed by atoms with Crippen LogP contribution in [0.3, 0.4) is 0 Å². The summed E-state index contributed by atoms with van der Waals surface area (Å²) in [4.78, 5) is 27.2. The van der Waals surface area contributed by atoms with Gasteiger partial charge in [0.25, 0.3) is 5.89 Å². The Bertz CT molecular complexity index is 1500. The zero-order valence-corrected chi connectivity index (χ0v) is 18.5. The lowest BCUT2D eigenvalue weighted by molar-refractivity contribution is 0.0646. The Morgan fingerprint density at radius 3 is 2.94 bits per heavy atom. The van der Waals surface area contributed by atoms with Crippen molar-refractivity contribution in [1.29, 1.82) is 0 Å². The Kier molecular flexibility index (Phi) is 4.61. The lowest BCUT2D eigenvalue weighted by Gasteiger charge is -2.32. The van der Waals surface area contributed by atoms with E-state index in [0.717, 1.165) is 22.5 Å². The summed E-state index contributed by atoms with van der Waals surface area (Å²) < 4.78 is 12.7. The number of hydrogen-bond acceptors (Lipinski definition) is 8. The fourth-order valence-electron chi connectivity index (χ4n) is 4.27. The highest BCUT2D eigenvalue weighted by atomic mass is 16.5. The molecular formula is C23H20N8O3. The number of fused-ring (bicyclic) bond motifs is 2. The third-order valence-electron chi connectivity index (χ3n) is 6.00. The van der Waals surface area contributed by atoms with Crippen molar-refractivity contribution >= 4 is 11.4 Å². The van der Waals surface area contributed by atoms with Crippen molar-refractivity contribution in [3.8, 4) is 17.3 Å². The van der Waals surface area contributed by atoms with Crippen LogP contribution >= 0.6 is 0 Å². The third-order valence-corrected chi connectivity index (χ3v) is 6.00. The molecule has 1 N–H and O–H groups in total. The second-order valence-corrected chi connectivity index (χ2v) is 8.00. The molecule has 1 unspecified atom stereocenters. The van der Waals surface area contributed by atoms with E-state index in [0.29, 0.717) is 30.1 Å². The van der Waals surface area contributed by atoms with Crippen molar-refractivity contribution in [2.75, 3.05) is 13.7 Å². The molecule has 170 valence electrons. The minimum Gasteiger partial charge on any atom is -0.495 e. The molecule has 5 aromatic rings. The number of rotatable bonds is 4.